The van der Waals surface area contributed by atoms with Gasteiger partial charge < -0.3 is 0 Å². The molecule has 0 N–H and O–H groups in total. The van der Waals surface area contributed by atoms with Crippen LogP contribution in [0.25, 0.3) is 10.9 Å². The zero-order valence-electron chi connectivity index (χ0n) is 9.82. The van der Waals surface area contributed by atoms with E-state index < -0.39 is 0 Å². The molecule has 1 aromatic heterocycles. The Morgan fingerprint density at radius 2 is 1.94 bits per heavy atom. The molecule has 2 nitrogen and oxygen atoms in total. The first-order chi connectivity index (χ1) is 7.59. The van der Waals surface area contributed by atoms with Crippen LogP contribution in [0.3, 0.4) is 0 Å². The summed E-state index contributed by atoms with van der Waals surface area (Å²) in [6.45, 7) is 5.81. The normalized spacial score (nSPS) is 11.0. The molecule has 0 unspecified atom stereocenters. The minimum atomic E-state index is -0.00642. The van der Waals surface area contributed by atoms with E-state index in [1.54, 1.807) is 0 Å². The molecule has 0 radical (unpaired) electrons. The van der Waals surface area contributed by atoms with Gasteiger partial charge in [-0.15, -0.1) is 0 Å². The quantitative estimate of drug-likeness (QED) is 0.716. The summed E-state index contributed by atoms with van der Waals surface area (Å²) in [7, 11) is 0. The molecule has 2 heteroatoms. The summed E-state index contributed by atoms with van der Waals surface area (Å²) in [5.74, 6) is 0.0990. The van der Waals surface area contributed by atoms with E-state index in [0.717, 1.165) is 16.5 Å². The van der Waals surface area contributed by atoms with E-state index in [2.05, 4.69) is 4.98 Å². The van der Waals surface area contributed by atoms with Crippen LogP contribution in [-0.4, -0.2) is 10.8 Å². The standard InChI is InChI=1S/C14H15NO/c1-9(2)14(16)13-8-10(3)11-6-4-5-7-12(11)15-13/h4-9H,1-3H3. The maximum atomic E-state index is 11.9. The number of nitrogens with zero attached hydrogens (tertiary/aromatic N) is 1. The van der Waals surface area contributed by atoms with E-state index in [4.69, 9.17) is 0 Å². The monoisotopic (exact) mass is 213 g/mol. The number of pyridine rings is 1. The maximum absolute atomic E-state index is 11.9. The van der Waals surface area contributed by atoms with Gasteiger partial charge >= 0.3 is 0 Å². The fourth-order valence-electron chi connectivity index (χ4n) is 1.77. The number of para-hydroxylation sites is 1. The highest BCUT2D eigenvalue weighted by Crippen LogP contribution is 2.18. The van der Waals surface area contributed by atoms with Crippen LogP contribution in [0.2, 0.25) is 0 Å². The van der Waals surface area contributed by atoms with Gasteiger partial charge in [-0.05, 0) is 24.6 Å². The lowest BCUT2D eigenvalue weighted by atomic mass is 10.0. The Bertz CT molecular complexity index is 543. The van der Waals surface area contributed by atoms with Crippen molar-refractivity contribution in [2.45, 2.75) is 20.8 Å². The third-order valence-electron chi connectivity index (χ3n) is 2.70. The number of hydrogen-bond donors (Lipinski definition) is 0. The Kier molecular flexibility index (Phi) is 2.73. The van der Waals surface area contributed by atoms with Gasteiger partial charge in [0.1, 0.15) is 5.69 Å². The van der Waals surface area contributed by atoms with Gasteiger partial charge in [0.05, 0.1) is 5.52 Å². The number of ketones is 1. The number of benzene rings is 1. The lowest BCUT2D eigenvalue weighted by molar-refractivity contribution is 0.0934. The van der Waals surface area contributed by atoms with E-state index in [-0.39, 0.29) is 11.7 Å². The highest BCUT2D eigenvalue weighted by atomic mass is 16.1. The molecule has 2 aromatic rings. The van der Waals surface area contributed by atoms with Crippen LogP contribution >= 0.6 is 0 Å². The Balaban J connectivity index is 2.62. The van der Waals surface area contributed by atoms with Crippen molar-refractivity contribution in [1.29, 1.82) is 0 Å². The number of hydrogen-bond acceptors (Lipinski definition) is 2. The molecule has 0 aliphatic rings. The van der Waals surface area contributed by atoms with Crippen molar-refractivity contribution in [3.63, 3.8) is 0 Å². The average molecular weight is 213 g/mol. The Labute approximate surface area is 95.3 Å². The molecule has 0 spiro atoms. The first-order valence-electron chi connectivity index (χ1n) is 5.50. The summed E-state index contributed by atoms with van der Waals surface area (Å²) in [4.78, 5) is 16.3. The third kappa shape index (κ3) is 1.83. The Hall–Kier alpha value is -1.70. The maximum Gasteiger partial charge on any atom is 0.183 e. The summed E-state index contributed by atoms with van der Waals surface area (Å²) in [6, 6.07) is 9.78. The van der Waals surface area contributed by atoms with Crippen molar-refractivity contribution in [2.24, 2.45) is 5.92 Å². The van der Waals surface area contributed by atoms with Crippen LogP contribution in [0.15, 0.2) is 30.3 Å². The largest absolute Gasteiger partial charge is 0.292 e. The SMILES string of the molecule is Cc1cc(C(=O)C(C)C)nc2ccccc12. The lowest BCUT2D eigenvalue weighted by Crippen LogP contribution is -2.10. The number of aryl methyl sites for hydroxylation is 1. The topological polar surface area (TPSA) is 30.0 Å². The van der Waals surface area contributed by atoms with E-state index in [1.807, 2.05) is 51.1 Å². The fourth-order valence-corrected chi connectivity index (χ4v) is 1.77. The summed E-state index contributed by atoms with van der Waals surface area (Å²) in [5, 5.41) is 1.11. The van der Waals surface area contributed by atoms with Gasteiger partial charge in [0.2, 0.25) is 0 Å². The van der Waals surface area contributed by atoms with Crippen LogP contribution in [-0.2, 0) is 0 Å². The molecule has 2 rings (SSSR count). The van der Waals surface area contributed by atoms with Crippen molar-refractivity contribution in [3.8, 4) is 0 Å². The fraction of sp³-hybridized carbons (Fsp3) is 0.286. The number of carbonyl (C=O) groups is 1. The first kappa shape index (κ1) is 10.8. The number of fused-ring (bicyclic) bond motifs is 1. The predicted octanol–water partition coefficient (Wildman–Crippen LogP) is 3.38. The highest BCUT2D eigenvalue weighted by Gasteiger charge is 2.13. The highest BCUT2D eigenvalue weighted by molar-refractivity contribution is 5.98. The smallest absolute Gasteiger partial charge is 0.183 e. The average Bonchev–Trinajstić information content (AvgIpc) is 2.28. The Morgan fingerprint density at radius 3 is 2.62 bits per heavy atom. The summed E-state index contributed by atoms with van der Waals surface area (Å²) in [6.07, 6.45) is 0. The molecule has 0 saturated heterocycles. The second-order valence-corrected chi connectivity index (χ2v) is 4.36. The van der Waals surface area contributed by atoms with Crippen LogP contribution < -0.4 is 0 Å². The van der Waals surface area contributed by atoms with Crippen LogP contribution in [0.5, 0.6) is 0 Å². The van der Waals surface area contributed by atoms with Gasteiger partial charge in [-0.3, -0.25) is 4.79 Å². The summed E-state index contributed by atoms with van der Waals surface area (Å²) >= 11 is 0. The number of rotatable bonds is 2. The molecule has 0 saturated carbocycles. The molecule has 82 valence electrons. The van der Waals surface area contributed by atoms with E-state index in [0.29, 0.717) is 5.69 Å². The second kappa shape index (κ2) is 4.05. The van der Waals surface area contributed by atoms with Crippen LogP contribution in [0, 0.1) is 12.8 Å². The molecule has 16 heavy (non-hydrogen) atoms. The minimum Gasteiger partial charge on any atom is -0.292 e. The second-order valence-electron chi connectivity index (χ2n) is 4.36. The zero-order valence-corrected chi connectivity index (χ0v) is 9.82. The first-order valence-corrected chi connectivity index (χ1v) is 5.50. The molecule has 0 bridgehead atoms. The molecule has 0 amide bonds. The van der Waals surface area contributed by atoms with E-state index in [1.165, 1.54) is 0 Å². The molecule has 0 fully saturated rings. The Morgan fingerprint density at radius 1 is 1.25 bits per heavy atom. The van der Waals surface area contributed by atoms with Crippen LogP contribution in [0.4, 0.5) is 0 Å². The predicted molar refractivity (Wildman–Crippen MR) is 65.6 cm³/mol. The third-order valence-corrected chi connectivity index (χ3v) is 2.70. The van der Waals surface area contributed by atoms with Crippen molar-refractivity contribution >= 4 is 16.7 Å². The minimum absolute atomic E-state index is 0.00642. The summed E-state index contributed by atoms with van der Waals surface area (Å²) in [5.41, 5.74) is 2.58. The number of carbonyl (C=O) groups excluding carboxylic acids is 1. The molecular weight excluding hydrogens is 198 g/mol. The zero-order chi connectivity index (χ0) is 11.7. The van der Waals surface area contributed by atoms with Gasteiger partial charge in [-0.2, -0.15) is 0 Å². The molecule has 0 atom stereocenters. The number of aromatic nitrogens is 1. The van der Waals surface area contributed by atoms with Crippen molar-refractivity contribution in [2.75, 3.05) is 0 Å². The van der Waals surface area contributed by atoms with Crippen molar-refractivity contribution in [1.82, 2.24) is 4.98 Å². The number of Topliss-reactive ketones (excluding diaryl/α,β-unsaturated/α-hetero) is 1. The van der Waals surface area contributed by atoms with Gasteiger partial charge in [-0.25, -0.2) is 4.98 Å². The molecule has 1 aromatic carbocycles. The molecule has 1 heterocycles. The lowest BCUT2D eigenvalue weighted by Gasteiger charge is -2.07. The van der Waals surface area contributed by atoms with Crippen molar-refractivity contribution < 1.29 is 4.79 Å². The van der Waals surface area contributed by atoms with Gasteiger partial charge in [0, 0.05) is 11.3 Å². The van der Waals surface area contributed by atoms with Gasteiger partial charge in [-0.1, -0.05) is 32.0 Å². The van der Waals surface area contributed by atoms with Crippen LogP contribution in [0.1, 0.15) is 29.9 Å². The molecular formula is C14H15NO. The molecule has 0 aliphatic heterocycles. The van der Waals surface area contributed by atoms with E-state index in [9.17, 15) is 4.79 Å². The van der Waals surface area contributed by atoms with Gasteiger partial charge in [0.15, 0.2) is 5.78 Å². The summed E-state index contributed by atoms with van der Waals surface area (Å²) < 4.78 is 0. The molecule has 0 aliphatic carbocycles. The van der Waals surface area contributed by atoms with E-state index >= 15 is 0 Å². The van der Waals surface area contributed by atoms with Crippen molar-refractivity contribution in [3.05, 3.63) is 41.6 Å². The van der Waals surface area contributed by atoms with Gasteiger partial charge in [0.25, 0.3) is 0 Å².